The number of amides is 1. The van der Waals surface area contributed by atoms with E-state index in [1.165, 1.54) is 16.3 Å². The van der Waals surface area contributed by atoms with Gasteiger partial charge >= 0.3 is 5.97 Å². The molecule has 1 heterocycles. The molecule has 0 aromatic heterocycles. The monoisotopic (exact) mass is 357 g/mol. The second-order valence-electron chi connectivity index (χ2n) is 6.58. The molecule has 0 spiro atoms. The van der Waals surface area contributed by atoms with E-state index in [0.29, 0.717) is 25.7 Å². The smallest absolute Gasteiger partial charge is 0.329 e. The van der Waals surface area contributed by atoms with Crippen LogP contribution in [-0.2, 0) is 16.0 Å². The Hall–Kier alpha value is -2.01. The molecule has 5 heteroatoms. The van der Waals surface area contributed by atoms with E-state index in [9.17, 15) is 14.7 Å². The van der Waals surface area contributed by atoms with Crippen LogP contribution in [0, 0.1) is 0 Å². The second kappa shape index (κ2) is 7.91. The molecule has 1 saturated heterocycles. The fraction of sp³-hybridized carbons (Fsp3) is 0.400. The zero-order chi connectivity index (χ0) is 17.7. The van der Waals surface area contributed by atoms with Gasteiger partial charge in [0.25, 0.3) is 0 Å². The Labute approximate surface area is 152 Å². The van der Waals surface area contributed by atoms with Crippen molar-refractivity contribution in [1.29, 1.82) is 0 Å². The molecular formula is C20H23NO3S. The van der Waals surface area contributed by atoms with Crippen molar-refractivity contribution in [2.24, 2.45) is 0 Å². The molecule has 0 saturated carbocycles. The molecule has 132 valence electrons. The number of carboxylic acids is 1. The summed E-state index contributed by atoms with van der Waals surface area (Å²) < 4.78 is 0. The first-order valence-electron chi connectivity index (χ1n) is 8.69. The Bertz CT molecular complexity index is 768. The molecule has 0 atom stereocenters. The van der Waals surface area contributed by atoms with E-state index in [1.54, 1.807) is 11.8 Å². The number of hydrogen-bond donors (Lipinski definition) is 2. The van der Waals surface area contributed by atoms with E-state index in [4.69, 9.17) is 0 Å². The standard InChI is InChI=1S/C20H23NO3S/c22-18(21-20(19(23)24)10-12-25-13-11-20)7-3-4-15-8-9-16-5-1-2-6-17(16)14-15/h1-2,5-6,8-9,14H,3-4,7,10-13H2,(H,21,22)(H,23,24). The summed E-state index contributed by atoms with van der Waals surface area (Å²) >= 11 is 1.74. The predicted octanol–water partition coefficient (Wildman–Crippen LogP) is 3.63. The van der Waals surface area contributed by atoms with Gasteiger partial charge in [-0.25, -0.2) is 4.79 Å². The quantitative estimate of drug-likeness (QED) is 0.828. The highest BCUT2D eigenvalue weighted by Gasteiger charge is 2.40. The van der Waals surface area contributed by atoms with Crippen molar-refractivity contribution in [2.45, 2.75) is 37.6 Å². The lowest BCUT2D eigenvalue weighted by Gasteiger charge is -2.33. The van der Waals surface area contributed by atoms with Crippen LogP contribution in [0.4, 0.5) is 0 Å². The Morgan fingerprint density at radius 3 is 2.52 bits per heavy atom. The van der Waals surface area contributed by atoms with Gasteiger partial charge in [0, 0.05) is 6.42 Å². The number of hydrogen-bond acceptors (Lipinski definition) is 3. The van der Waals surface area contributed by atoms with Crippen molar-refractivity contribution in [3.05, 3.63) is 48.0 Å². The maximum absolute atomic E-state index is 12.2. The number of rotatable bonds is 6. The highest BCUT2D eigenvalue weighted by molar-refractivity contribution is 7.99. The molecule has 3 rings (SSSR count). The van der Waals surface area contributed by atoms with Crippen LogP contribution in [-0.4, -0.2) is 34.0 Å². The molecule has 2 aromatic carbocycles. The van der Waals surface area contributed by atoms with Crippen LogP contribution >= 0.6 is 11.8 Å². The Balaban J connectivity index is 1.53. The van der Waals surface area contributed by atoms with Crippen LogP contribution in [0.15, 0.2) is 42.5 Å². The van der Waals surface area contributed by atoms with Gasteiger partial charge < -0.3 is 10.4 Å². The normalized spacial score (nSPS) is 16.5. The molecule has 0 unspecified atom stereocenters. The van der Waals surface area contributed by atoms with Gasteiger partial charge in [-0.05, 0) is 53.5 Å². The van der Waals surface area contributed by atoms with E-state index in [-0.39, 0.29) is 5.91 Å². The Kier molecular flexibility index (Phi) is 5.63. The number of fused-ring (bicyclic) bond motifs is 1. The van der Waals surface area contributed by atoms with Gasteiger partial charge in [0.1, 0.15) is 5.54 Å². The van der Waals surface area contributed by atoms with E-state index >= 15 is 0 Å². The Morgan fingerprint density at radius 1 is 1.08 bits per heavy atom. The third-order valence-corrected chi connectivity index (χ3v) is 5.80. The lowest BCUT2D eigenvalue weighted by molar-refractivity contribution is -0.148. The average Bonchev–Trinajstić information content (AvgIpc) is 2.62. The molecule has 1 amide bonds. The number of carbonyl (C=O) groups is 2. The lowest BCUT2D eigenvalue weighted by Crippen LogP contribution is -2.56. The molecular weight excluding hydrogens is 334 g/mol. The third-order valence-electron chi connectivity index (χ3n) is 4.82. The summed E-state index contributed by atoms with van der Waals surface area (Å²) in [6, 6.07) is 14.6. The molecule has 1 aliphatic rings. The van der Waals surface area contributed by atoms with E-state index < -0.39 is 11.5 Å². The number of carboxylic acid groups (broad SMARTS) is 1. The summed E-state index contributed by atoms with van der Waals surface area (Å²) in [5.41, 5.74) is 0.138. The summed E-state index contributed by atoms with van der Waals surface area (Å²) in [7, 11) is 0. The van der Waals surface area contributed by atoms with Gasteiger partial charge in [-0.3, -0.25) is 4.79 Å². The average molecular weight is 357 g/mol. The lowest BCUT2D eigenvalue weighted by atomic mass is 9.92. The fourth-order valence-electron chi connectivity index (χ4n) is 3.29. The molecule has 4 nitrogen and oxygen atoms in total. The topological polar surface area (TPSA) is 66.4 Å². The van der Waals surface area contributed by atoms with Crippen LogP contribution in [0.2, 0.25) is 0 Å². The SMILES string of the molecule is O=C(CCCc1ccc2ccccc2c1)NC1(C(=O)O)CCSCC1. The number of nitrogens with one attached hydrogen (secondary N) is 1. The van der Waals surface area contributed by atoms with Crippen LogP contribution in [0.3, 0.4) is 0 Å². The van der Waals surface area contributed by atoms with E-state index in [2.05, 4.69) is 35.6 Å². The van der Waals surface area contributed by atoms with Gasteiger partial charge in [-0.1, -0.05) is 42.5 Å². The van der Waals surface area contributed by atoms with Gasteiger partial charge in [-0.2, -0.15) is 11.8 Å². The highest BCUT2D eigenvalue weighted by Crippen LogP contribution is 2.27. The van der Waals surface area contributed by atoms with Gasteiger partial charge in [0.05, 0.1) is 0 Å². The summed E-state index contributed by atoms with van der Waals surface area (Å²) in [6.45, 7) is 0. The predicted molar refractivity (Wildman–Crippen MR) is 102 cm³/mol. The molecule has 0 bridgehead atoms. The second-order valence-corrected chi connectivity index (χ2v) is 7.81. The maximum Gasteiger partial charge on any atom is 0.329 e. The van der Waals surface area contributed by atoms with E-state index in [0.717, 1.165) is 17.9 Å². The minimum Gasteiger partial charge on any atom is -0.480 e. The first-order chi connectivity index (χ1) is 12.1. The molecule has 0 radical (unpaired) electrons. The molecule has 1 fully saturated rings. The molecule has 25 heavy (non-hydrogen) atoms. The molecule has 1 aliphatic heterocycles. The van der Waals surface area contributed by atoms with Crippen molar-refractivity contribution in [3.63, 3.8) is 0 Å². The van der Waals surface area contributed by atoms with Crippen LogP contribution < -0.4 is 5.32 Å². The van der Waals surface area contributed by atoms with Crippen LogP contribution in [0.1, 0.15) is 31.2 Å². The van der Waals surface area contributed by atoms with Gasteiger partial charge in [0.15, 0.2) is 0 Å². The van der Waals surface area contributed by atoms with Crippen molar-refractivity contribution in [2.75, 3.05) is 11.5 Å². The summed E-state index contributed by atoms with van der Waals surface area (Å²) in [6.07, 6.45) is 2.89. The minimum atomic E-state index is -1.06. The highest BCUT2D eigenvalue weighted by atomic mass is 32.2. The third kappa shape index (κ3) is 4.34. The minimum absolute atomic E-state index is 0.157. The van der Waals surface area contributed by atoms with Crippen molar-refractivity contribution in [1.82, 2.24) is 5.32 Å². The summed E-state index contributed by atoms with van der Waals surface area (Å²) in [4.78, 5) is 23.8. The molecule has 2 N–H and O–H groups in total. The first-order valence-corrected chi connectivity index (χ1v) is 9.84. The van der Waals surface area contributed by atoms with Crippen LogP contribution in [0.25, 0.3) is 10.8 Å². The Morgan fingerprint density at radius 2 is 1.80 bits per heavy atom. The van der Waals surface area contributed by atoms with E-state index in [1.807, 2.05) is 12.1 Å². The summed E-state index contributed by atoms with van der Waals surface area (Å²) in [5, 5.41) is 14.7. The molecule has 0 aliphatic carbocycles. The number of aliphatic carboxylic acids is 1. The van der Waals surface area contributed by atoms with Crippen LogP contribution in [0.5, 0.6) is 0 Å². The molecule has 2 aromatic rings. The van der Waals surface area contributed by atoms with Gasteiger partial charge in [0.2, 0.25) is 5.91 Å². The number of thioether (sulfide) groups is 1. The van der Waals surface area contributed by atoms with Crippen molar-refractivity contribution < 1.29 is 14.7 Å². The fourth-order valence-corrected chi connectivity index (χ4v) is 4.48. The maximum atomic E-state index is 12.2. The largest absolute Gasteiger partial charge is 0.480 e. The van der Waals surface area contributed by atoms with Crippen molar-refractivity contribution in [3.8, 4) is 0 Å². The first kappa shape index (κ1) is 17.8. The number of aryl methyl sites for hydroxylation is 1. The number of carbonyl (C=O) groups excluding carboxylic acids is 1. The zero-order valence-electron chi connectivity index (χ0n) is 14.2. The number of benzene rings is 2. The van der Waals surface area contributed by atoms with Gasteiger partial charge in [-0.15, -0.1) is 0 Å². The van der Waals surface area contributed by atoms with Crippen molar-refractivity contribution >= 4 is 34.4 Å². The summed E-state index contributed by atoms with van der Waals surface area (Å²) in [5.74, 6) is 0.499. The zero-order valence-corrected chi connectivity index (χ0v) is 15.0.